The second-order valence-electron chi connectivity index (χ2n) is 6.12. The van der Waals surface area contributed by atoms with Gasteiger partial charge in [-0.05, 0) is 37.5 Å². The normalized spacial score (nSPS) is 21.2. The number of carbonyl (C=O) groups excluding carboxylic acids is 2. The van der Waals surface area contributed by atoms with Crippen molar-refractivity contribution in [2.45, 2.75) is 38.7 Å². The molecule has 2 N–H and O–H groups in total. The van der Waals surface area contributed by atoms with Gasteiger partial charge in [-0.25, -0.2) is 0 Å². The number of rotatable bonds is 3. The fourth-order valence-corrected chi connectivity index (χ4v) is 2.92. The summed E-state index contributed by atoms with van der Waals surface area (Å²) in [6.07, 6.45) is 3.41. The van der Waals surface area contributed by atoms with Crippen LogP contribution >= 0.6 is 0 Å². The minimum absolute atomic E-state index is 0.0643. The molecule has 1 aromatic rings. The monoisotopic (exact) mass is 304 g/mol. The summed E-state index contributed by atoms with van der Waals surface area (Å²) in [5.41, 5.74) is 1.63. The van der Waals surface area contributed by atoms with Gasteiger partial charge in [-0.15, -0.1) is 0 Å². The average Bonchev–Trinajstić information content (AvgIpc) is 2.48. The molecule has 0 saturated heterocycles. The van der Waals surface area contributed by atoms with Gasteiger partial charge in [0, 0.05) is 25.2 Å². The Morgan fingerprint density at radius 1 is 1.32 bits per heavy atom. The molecule has 0 aliphatic heterocycles. The highest BCUT2D eigenvalue weighted by Crippen LogP contribution is 2.24. The number of nitrogens with zero attached hydrogens (tertiary/aromatic N) is 1. The number of benzene rings is 1. The quantitative estimate of drug-likeness (QED) is 0.839. The van der Waals surface area contributed by atoms with E-state index in [1.54, 1.807) is 13.1 Å². The van der Waals surface area contributed by atoms with Crippen LogP contribution in [0.25, 0.3) is 0 Å². The van der Waals surface area contributed by atoms with Crippen molar-refractivity contribution in [3.05, 3.63) is 29.8 Å². The molecule has 2 unspecified atom stereocenters. The molecule has 1 aromatic carbocycles. The summed E-state index contributed by atoms with van der Waals surface area (Å²) in [4.78, 5) is 25.6. The zero-order chi connectivity index (χ0) is 16.1. The number of nitrogens with one attached hydrogen (secondary N) is 1. The summed E-state index contributed by atoms with van der Waals surface area (Å²) in [7, 11) is 1.61. The minimum atomic E-state index is -0.640. The number of carbonyl (C=O) groups is 2. The van der Waals surface area contributed by atoms with Crippen LogP contribution in [0.1, 0.15) is 31.2 Å². The number of aryl methyl sites for hydroxylation is 1. The van der Waals surface area contributed by atoms with Crippen LogP contribution in [0, 0.1) is 12.8 Å². The molecule has 5 nitrogen and oxygen atoms in total. The first-order chi connectivity index (χ1) is 10.5. The van der Waals surface area contributed by atoms with Crippen molar-refractivity contribution in [3.8, 4) is 0 Å². The molecule has 0 spiro atoms. The summed E-state index contributed by atoms with van der Waals surface area (Å²) in [6, 6.07) is 7.32. The van der Waals surface area contributed by atoms with E-state index in [2.05, 4.69) is 5.32 Å². The number of anilines is 1. The van der Waals surface area contributed by atoms with Crippen molar-refractivity contribution >= 4 is 17.5 Å². The van der Waals surface area contributed by atoms with Gasteiger partial charge in [-0.2, -0.15) is 0 Å². The number of hydrogen-bond acceptors (Lipinski definition) is 3. The summed E-state index contributed by atoms with van der Waals surface area (Å²) < 4.78 is 0. The lowest BCUT2D eigenvalue weighted by Gasteiger charge is -2.30. The van der Waals surface area contributed by atoms with E-state index in [-0.39, 0.29) is 12.0 Å². The van der Waals surface area contributed by atoms with Gasteiger partial charge in [0.2, 0.25) is 0 Å². The van der Waals surface area contributed by atoms with E-state index in [4.69, 9.17) is 0 Å². The van der Waals surface area contributed by atoms with Crippen LogP contribution in [0.3, 0.4) is 0 Å². The van der Waals surface area contributed by atoms with E-state index in [0.717, 1.165) is 31.2 Å². The summed E-state index contributed by atoms with van der Waals surface area (Å²) in [6.45, 7) is 2.34. The molecule has 120 valence electrons. The molecule has 2 atom stereocenters. The predicted octanol–water partition coefficient (Wildman–Crippen LogP) is 1.94. The lowest BCUT2D eigenvalue weighted by molar-refractivity contribution is -0.143. The first kappa shape index (κ1) is 16.5. The summed E-state index contributed by atoms with van der Waals surface area (Å²) in [5.74, 6) is -1.15. The van der Waals surface area contributed by atoms with Crippen molar-refractivity contribution < 1.29 is 14.7 Å². The van der Waals surface area contributed by atoms with Gasteiger partial charge in [0.15, 0.2) is 0 Å². The first-order valence-electron chi connectivity index (χ1n) is 7.78. The van der Waals surface area contributed by atoms with Crippen LogP contribution in [0.4, 0.5) is 5.69 Å². The predicted molar refractivity (Wildman–Crippen MR) is 85.4 cm³/mol. The van der Waals surface area contributed by atoms with Gasteiger partial charge in [-0.3, -0.25) is 9.59 Å². The molecule has 1 saturated carbocycles. The standard InChI is InChI=1S/C17H24N2O3/c1-12-6-5-8-14(10-12)18-16(21)17(22)19(2)11-13-7-3-4-9-15(13)20/h5-6,8,10,13,15,20H,3-4,7,9,11H2,1-2H3,(H,18,21). The van der Waals surface area contributed by atoms with Gasteiger partial charge in [0.25, 0.3) is 0 Å². The molecule has 0 bridgehead atoms. The molecule has 1 fully saturated rings. The smallest absolute Gasteiger partial charge is 0.313 e. The Morgan fingerprint density at radius 2 is 2.05 bits per heavy atom. The molecule has 1 aliphatic rings. The maximum absolute atomic E-state index is 12.1. The SMILES string of the molecule is Cc1cccc(NC(=O)C(=O)N(C)CC2CCCCC2O)c1. The number of amides is 2. The Balaban J connectivity index is 1.90. The first-order valence-corrected chi connectivity index (χ1v) is 7.78. The van der Waals surface area contributed by atoms with Gasteiger partial charge >= 0.3 is 11.8 Å². The Hall–Kier alpha value is -1.88. The second-order valence-corrected chi connectivity index (χ2v) is 6.12. The van der Waals surface area contributed by atoms with Crippen molar-refractivity contribution in [2.24, 2.45) is 5.92 Å². The highest BCUT2D eigenvalue weighted by Gasteiger charge is 2.27. The largest absolute Gasteiger partial charge is 0.393 e. The van der Waals surface area contributed by atoms with Gasteiger partial charge < -0.3 is 15.3 Å². The molecule has 2 rings (SSSR count). The van der Waals surface area contributed by atoms with E-state index in [1.807, 2.05) is 25.1 Å². The molecule has 0 heterocycles. The molecule has 0 radical (unpaired) electrons. The van der Waals surface area contributed by atoms with E-state index < -0.39 is 11.8 Å². The Kier molecular flexibility index (Phi) is 5.55. The fourth-order valence-electron chi connectivity index (χ4n) is 2.92. The molecular formula is C17H24N2O3. The minimum Gasteiger partial charge on any atom is -0.393 e. The van der Waals surface area contributed by atoms with E-state index >= 15 is 0 Å². The van der Waals surface area contributed by atoms with Gasteiger partial charge in [-0.1, -0.05) is 25.0 Å². The Labute approximate surface area is 131 Å². The molecule has 0 aromatic heterocycles. The van der Waals surface area contributed by atoms with Crippen molar-refractivity contribution in [1.29, 1.82) is 0 Å². The number of hydrogen-bond donors (Lipinski definition) is 2. The third-order valence-electron chi connectivity index (χ3n) is 4.19. The van der Waals surface area contributed by atoms with Gasteiger partial charge in [0.1, 0.15) is 0 Å². The average molecular weight is 304 g/mol. The maximum atomic E-state index is 12.1. The van der Waals surface area contributed by atoms with Crippen molar-refractivity contribution in [2.75, 3.05) is 18.9 Å². The molecular weight excluding hydrogens is 280 g/mol. The van der Waals surface area contributed by atoms with Crippen LogP contribution in [0.15, 0.2) is 24.3 Å². The highest BCUT2D eigenvalue weighted by molar-refractivity contribution is 6.39. The molecule has 22 heavy (non-hydrogen) atoms. The molecule has 1 aliphatic carbocycles. The van der Waals surface area contributed by atoms with Crippen LogP contribution in [0.2, 0.25) is 0 Å². The topological polar surface area (TPSA) is 69.6 Å². The Bertz CT molecular complexity index is 544. The number of likely N-dealkylation sites (N-methyl/N-ethyl adjacent to an activating group) is 1. The Morgan fingerprint density at radius 3 is 2.73 bits per heavy atom. The third kappa shape index (κ3) is 4.31. The maximum Gasteiger partial charge on any atom is 0.313 e. The highest BCUT2D eigenvalue weighted by atomic mass is 16.3. The molecule has 2 amide bonds. The van der Waals surface area contributed by atoms with E-state index in [0.29, 0.717) is 12.2 Å². The fraction of sp³-hybridized carbons (Fsp3) is 0.529. The number of aliphatic hydroxyl groups excluding tert-OH is 1. The molecule has 5 heteroatoms. The van der Waals surface area contributed by atoms with Crippen molar-refractivity contribution in [1.82, 2.24) is 4.90 Å². The third-order valence-corrected chi connectivity index (χ3v) is 4.19. The van der Waals surface area contributed by atoms with E-state index in [1.165, 1.54) is 4.90 Å². The zero-order valence-corrected chi connectivity index (χ0v) is 13.2. The van der Waals surface area contributed by atoms with Crippen LogP contribution in [-0.2, 0) is 9.59 Å². The number of aliphatic hydroxyl groups is 1. The zero-order valence-electron chi connectivity index (χ0n) is 13.2. The van der Waals surface area contributed by atoms with Gasteiger partial charge in [0.05, 0.1) is 6.10 Å². The van der Waals surface area contributed by atoms with Crippen LogP contribution in [0.5, 0.6) is 0 Å². The van der Waals surface area contributed by atoms with Crippen molar-refractivity contribution in [3.63, 3.8) is 0 Å². The van der Waals surface area contributed by atoms with Crippen LogP contribution < -0.4 is 5.32 Å². The lowest BCUT2D eigenvalue weighted by Crippen LogP contribution is -2.42. The summed E-state index contributed by atoms with van der Waals surface area (Å²) in [5, 5.41) is 12.6. The van der Waals surface area contributed by atoms with E-state index in [9.17, 15) is 14.7 Å². The second kappa shape index (κ2) is 7.40. The lowest BCUT2D eigenvalue weighted by atomic mass is 9.86. The van der Waals surface area contributed by atoms with Crippen LogP contribution in [-0.4, -0.2) is 41.5 Å². The summed E-state index contributed by atoms with van der Waals surface area (Å²) >= 11 is 0.